The van der Waals surface area contributed by atoms with Gasteiger partial charge >= 0.3 is 5.97 Å². The van der Waals surface area contributed by atoms with Gasteiger partial charge in [-0.05, 0) is 80.5 Å². The third-order valence-corrected chi connectivity index (χ3v) is 7.40. The summed E-state index contributed by atoms with van der Waals surface area (Å²) in [5, 5.41) is 11.1. The molecule has 4 rings (SSSR count). The maximum atomic E-state index is 12.9. The predicted molar refractivity (Wildman–Crippen MR) is 122 cm³/mol. The topological polar surface area (TPSA) is 89.9 Å². The van der Waals surface area contributed by atoms with Crippen LogP contribution in [0.25, 0.3) is 16.7 Å². The summed E-state index contributed by atoms with van der Waals surface area (Å²) in [7, 11) is -3.35. The molecule has 0 atom stereocenters. The maximum Gasteiger partial charge on any atom is 0.343 e. The fraction of sp³-hybridized carbons (Fsp3) is 0.400. The molecule has 0 saturated heterocycles. The maximum absolute atomic E-state index is 12.9. The largest absolute Gasteiger partial charge is 0.507 e. The van der Waals surface area contributed by atoms with E-state index in [1.54, 1.807) is 24.3 Å². The van der Waals surface area contributed by atoms with E-state index in [0.29, 0.717) is 30.8 Å². The van der Waals surface area contributed by atoms with Crippen LogP contribution in [-0.4, -0.2) is 38.0 Å². The number of esters is 1. The summed E-state index contributed by atoms with van der Waals surface area (Å²) in [4.78, 5) is 13.1. The lowest BCUT2D eigenvalue weighted by atomic mass is 9.82. The van der Waals surface area contributed by atoms with E-state index in [1.807, 2.05) is 26.0 Å². The summed E-state index contributed by atoms with van der Waals surface area (Å²) in [6.45, 7) is 4.10. The normalized spacial score (nSPS) is 18.2. The summed E-state index contributed by atoms with van der Waals surface area (Å²) >= 11 is 0. The molecule has 1 saturated carbocycles. The number of aryl methyl sites for hydroxylation is 1. The number of hydrogen-bond donors (Lipinski definition) is 1. The average Bonchev–Trinajstić information content (AvgIpc) is 2.98. The molecule has 0 radical (unpaired) electrons. The van der Waals surface area contributed by atoms with Crippen LogP contribution in [-0.2, 0) is 19.4 Å². The van der Waals surface area contributed by atoms with E-state index in [0.717, 1.165) is 36.0 Å². The molecule has 0 bridgehead atoms. The standard InChI is InChI=1S/C25H28O6S/c1-4-30-21-15-19(17-9-8-10-18(14-17)32(3,28)29)16(2)13-20(21)22-23(26)25(31-24(22)27)11-6-5-7-12-25/h8-10,13-15,26H,4-7,11-12H2,1-3H3. The summed E-state index contributed by atoms with van der Waals surface area (Å²) in [6, 6.07) is 10.3. The zero-order chi connectivity index (χ0) is 23.1. The van der Waals surface area contributed by atoms with Crippen LogP contribution in [0.5, 0.6) is 5.75 Å². The Labute approximate surface area is 188 Å². The predicted octanol–water partition coefficient (Wildman–Crippen LogP) is 4.99. The van der Waals surface area contributed by atoms with E-state index < -0.39 is 21.4 Å². The highest BCUT2D eigenvalue weighted by Crippen LogP contribution is 2.47. The van der Waals surface area contributed by atoms with Crippen LogP contribution >= 0.6 is 0 Å². The van der Waals surface area contributed by atoms with Crippen molar-refractivity contribution < 1.29 is 27.8 Å². The van der Waals surface area contributed by atoms with Crippen molar-refractivity contribution in [2.24, 2.45) is 0 Å². The van der Waals surface area contributed by atoms with Gasteiger partial charge in [-0.25, -0.2) is 13.2 Å². The molecule has 0 unspecified atom stereocenters. The van der Waals surface area contributed by atoms with Gasteiger partial charge in [-0.15, -0.1) is 0 Å². The smallest absolute Gasteiger partial charge is 0.343 e. The molecule has 2 aromatic carbocycles. The first kappa shape index (κ1) is 22.4. The first-order valence-electron chi connectivity index (χ1n) is 10.9. The molecule has 1 N–H and O–H groups in total. The number of carbonyl (C=O) groups excluding carboxylic acids is 1. The summed E-state index contributed by atoms with van der Waals surface area (Å²) in [5.74, 6) is -0.0878. The van der Waals surface area contributed by atoms with Crippen molar-refractivity contribution in [3.8, 4) is 16.9 Å². The number of ether oxygens (including phenoxy) is 2. The molecular weight excluding hydrogens is 428 g/mol. The second-order valence-electron chi connectivity index (χ2n) is 8.56. The third kappa shape index (κ3) is 3.90. The van der Waals surface area contributed by atoms with Crippen LogP contribution in [0.3, 0.4) is 0 Å². The van der Waals surface area contributed by atoms with Gasteiger partial charge in [-0.1, -0.05) is 18.6 Å². The monoisotopic (exact) mass is 456 g/mol. The highest BCUT2D eigenvalue weighted by Gasteiger charge is 2.49. The summed E-state index contributed by atoms with van der Waals surface area (Å²) in [5.41, 5.74) is 2.08. The van der Waals surface area contributed by atoms with Gasteiger partial charge in [0.25, 0.3) is 0 Å². The van der Waals surface area contributed by atoms with Crippen LogP contribution in [0.2, 0.25) is 0 Å². The van der Waals surface area contributed by atoms with E-state index in [9.17, 15) is 18.3 Å². The highest BCUT2D eigenvalue weighted by atomic mass is 32.2. The van der Waals surface area contributed by atoms with E-state index in [4.69, 9.17) is 9.47 Å². The lowest BCUT2D eigenvalue weighted by Crippen LogP contribution is -2.34. The SMILES string of the molecule is CCOc1cc(-c2cccc(S(C)(=O)=O)c2)c(C)cc1C1=C(O)C2(CCCCC2)OC1=O. The molecule has 1 spiro atoms. The van der Waals surface area contributed by atoms with Crippen molar-refractivity contribution in [3.05, 3.63) is 53.3 Å². The Hall–Kier alpha value is -2.80. The molecule has 0 aromatic heterocycles. The number of aliphatic hydroxyl groups is 1. The van der Waals surface area contributed by atoms with Gasteiger partial charge in [0.05, 0.1) is 11.5 Å². The second kappa shape index (κ2) is 8.28. The van der Waals surface area contributed by atoms with Crippen molar-refractivity contribution in [1.29, 1.82) is 0 Å². The Kier molecular flexibility index (Phi) is 5.79. The molecule has 32 heavy (non-hydrogen) atoms. The number of hydrogen-bond acceptors (Lipinski definition) is 6. The molecule has 7 heteroatoms. The molecule has 2 aromatic rings. The average molecular weight is 457 g/mol. The molecule has 6 nitrogen and oxygen atoms in total. The molecule has 170 valence electrons. The van der Waals surface area contributed by atoms with E-state index in [2.05, 4.69) is 0 Å². The molecule has 1 aliphatic carbocycles. The first-order valence-corrected chi connectivity index (χ1v) is 12.8. The Bertz CT molecular complexity index is 1200. The summed E-state index contributed by atoms with van der Waals surface area (Å²) < 4.78 is 35.6. The van der Waals surface area contributed by atoms with Gasteiger partial charge in [-0.3, -0.25) is 0 Å². The molecule has 1 fully saturated rings. The van der Waals surface area contributed by atoms with Gasteiger partial charge in [0.15, 0.2) is 21.2 Å². The van der Waals surface area contributed by atoms with E-state index >= 15 is 0 Å². The first-order chi connectivity index (χ1) is 15.2. The molecule has 1 heterocycles. The van der Waals surface area contributed by atoms with Crippen LogP contribution in [0.4, 0.5) is 0 Å². The minimum atomic E-state index is -3.35. The van der Waals surface area contributed by atoms with Crippen molar-refractivity contribution in [3.63, 3.8) is 0 Å². The van der Waals surface area contributed by atoms with Gasteiger partial charge < -0.3 is 14.6 Å². The van der Waals surface area contributed by atoms with Crippen LogP contribution < -0.4 is 4.74 Å². The van der Waals surface area contributed by atoms with Crippen LogP contribution in [0, 0.1) is 6.92 Å². The van der Waals surface area contributed by atoms with Gasteiger partial charge in [0.2, 0.25) is 0 Å². The van der Waals surface area contributed by atoms with E-state index in [1.165, 1.54) is 6.26 Å². The fourth-order valence-corrected chi connectivity index (χ4v) is 5.33. The number of carbonyl (C=O) groups is 1. The Morgan fingerprint density at radius 2 is 1.81 bits per heavy atom. The number of sulfone groups is 1. The molecule has 1 aliphatic heterocycles. The van der Waals surface area contributed by atoms with Crippen molar-refractivity contribution in [2.75, 3.05) is 12.9 Å². The van der Waals surface area contributed by atoms with Crippen molar-refractivity contribution in [2.45, 2.75) is 56.4 Å². The van der Waals surface area contributed by atoms with Crippen LogP contribution in [0.1, 0.15) is 50.2 Å². The van der Waals surface area contributed by atoms with Crippen molar-refractivity contribution >= 4 is 21.4 Å². The van der Waals surface area contributed by atoms with E-state index in [-0.39, 0.29) is 16.2 Å². The molecule has 0 amide bonds. The number of rotatable bonds is 5. The van der Waals surface area contributed by atoms with Gasteiger partial charge in [0.1, 0.15) is 11.3 Å². The zero-order valence-corrected chi connectivity index (χ0v) is 19.4. The van der Waals surface area contributed by atoms with Gasteiger partial charge in [0, 0.05) is 11.8 Å². The minimum absolute atomic E-state index is 0.00521. The fourth-order valence-electron chi connectivity index (χ4n) is 4.66. The highest BCUT2D eigenvalue weighted by molar-refractivity contribution is 7.90. The molecule has 2 aliphatic rings. The molecular formula is C25H28O6S. The zero-order valence-electron chi connectivity index (χ0n) is 18.6. The minimum Gasteiger partial charge on any atom is -0.507 e. The third-order valence-electron chi connectivity index (χ3n) is 6.29. The second-order valence-corrected chi connectivity index (χ2v) is 10.6. The van der Waals surface area contributed by atoms with Gasteiger partial charge in [-0.2, -0.15) is 0 Å². The Morgan fingerprint density at radius 1 is 1.09 bits per heavy atom. The lowest BCUT2D eigenvalue weighted by molar-refractivity contribution is -0.149. The Morgan fingerprint density at radius 3 is 2.47 bits per heavy atom. The van der Waals surface area contributed by atoms with Crippen molar-refractivity contribution in [1.82, 2.24) is 0 Å². The lowest BCUT2D eigenvalue weighted by Gasteiger charge is -2.31. The number of benzene rings is 2. The Balaban J connectivity index is 1.86. The summed E-state index contributed by atoms with van der Waals surface area (Å²) in [6.07, 6.45) is 5.28. The quantitative estimate of drug-likeness (QED) is 0.638. The number of aliphatic hydroxyl groups excluding tert-OH is 1. The van der Waals surface area contributed by atoms with Crippen LogP contribution in [0.15, 0.2) is 47.1 Å².